The second-order valence-corrected chi connectivity index (χ2v) is 2.76. The minimum atomic E-state index is -2.01. The van der Waals surface area contributed by atoms with Crippen molar-refractivity contribution < 1.29 is 24.3 Å². The van der Waals surface area contributed by atoms with Gasteiger partial charge in [-0.1, -0.05) is 5.16 Å². The molecule has 0 radical (unpaired) electrons. The van der Waals surface area contributed by atoms with Crippen molar-refractivity contribution in [2.75, 3.05) is 7.11 Å². The number of oxime groups is 1. The number of methoxy groups -OCH3 is 1. The molecule has 1 atom stereocenters. The molecule has 0 saturated carbocycles. The van der Waals surface area contributed by atoms with Gasteiger partial charge < -0.3 is 19.5 Å². The monoisotopic (exact) mass is 203 g/mol. The second-order valence-electron chi connectivity index (χ2n) is 2.76. The first kappa shape index (κ1) is 12.6. The number of hydrogen-bond acceptors (Lipinski definition) is 5. The highest BCUT2D eigenvalue weighted by atomic mass is 16.8. The standard InChI is InChI=1S/C8H13NO5/c1-6(2)9-14-8(13-3,4-5-10)7(11)12/h5H,4H2,1-3H3,(H,11,12). The molecular formula is C8H13NO5. The summed E-state index contributed by atoms with van der Waals surface area (Å²) in [5.74, 6) is -3.41. The molecule has 0 aromatic rings. The third-order valence-corrected chi connectivity index (χ3v) is 1.38. The van der Waals surface area contributed by atoms with E-state index in [9.17, 15) is 9.59 Å². The lowest BCUT2D eigenvalue weighted by atomic mass is 10.2. The zero-order valence-electron chi connectivity index (χ0n) is 8.31. The van der Waals surface area contributed by atoms with Gasteiger partial charge >= 0.3 is 11.8 Å². The van der Waals surface area contributed by atoms with Crippen molar-refractivity contribution in [2.45, 2.75) is 26.1 Å². The van der Waals surface area contributed by atoms with Crippen molar-refractivity contribution in [3.05, 3.63) is 0 Å². The zero-order valence-corrected chi connectivity index (χ0v) is 8.31. The number of aliphatic carboxylic acids is 1. The molecule has 0 spiro atoms. The van der Waals surface area contributed by atoms with Gasteiger partial charge in [-0.15, -0.1) is 0 Å². The van der Waals surface area contributed by atoms with Crippen LogP contribution < -0.4 is 0 Å². The van der Waals surface area contributed by atoms with Gasteiger partial charge in [0.25, 0.3) is 0 Å². The Bertz CT molecular complexity index is 246. The smallest absolute Gasteiger partial charge is 0.380 e. The summed E-state index contributed by atoms with van der Waals surface area (Å²) in [5.41, 5.74) is 0.526. The van der Waals surface area contributed by atoms with Gasteiger partial charge in [0.05, 0.1) is 12.1 Å². The van der Waals surface area contributed by atoms with Gasteiger partial charge in [0, 0.05) is 7.11 Å². The first-order valence-electron chi connectivity index (χ1n) is 3.90. The Labute approximate surface area is 81.5 Å². The molecule has 0 amide bonds. The van der Waals surface area contributed by atoms with Gasteiger partial charge in [-0.25, -0.2) is 4.79 Å². The summed E-state index contributed by atoms with van der Waals surface area (Å²) < 4.78 is 4.63. The summed E-state index contributed by atoms with van der Waals surface area (Å²) in [6, 6.07) is 0. The fraction of sp³-hybridized carbons (Fsp3) is 0.625. The van der Waals surface area contributed by atoms with Gasteiger partial charge in [0.2, 0.25) is 0 Å². The van der Waals surface area contributed by atoms with Crippen molar-refractivity contribution in [2.24, 2.45) is 5.16 Å². The molecule has 80 valence electrons. The molecule has 0 fully saturated rings. The Hall–Kier alpha value is -1.43. The minimum absolute atomic E-state index is 0.401. The van der Waals surface area contributed by atoms with Crippen LogP contribution in [0.15, 0.2) is 5.16 Å². The van der Waals surface area contributed by atoms with Crippen LogP contribution in [0, 0.1) is 0 Å². The SMILES string of the molecule is COC(CC=O)(ON=C(C)C)C(=O)O. The summed E-state index contributed by atoms with van der Waals surface area (Å²) in [6.45, 7) is 3.26. The molecule has 1 N–H and O–H groups in total. The van der Waals surface area contributed by atoms with E-state index in [4.69, 9.17) is 5.11 Å². The van der Waals surface area contributed by atoms with Crippen molar-refractivity contribution in [1.29, 1.82) is 0 Å². The van der Waals surface area contributed by atoms with Crippen LogP contribution in [0.5, 0.6) is 0 Å². The van der Waals surface area contributed by atoms with Gasteiger partial charge in [-0.05, 0) is 13.8 Å². The minimum Gasteiger partial charge on any atom is -0.476 e. The summed E-state index contributed by atoms with van der Waals surface area (Å²) in [5, 5.41) is 12.2. The van der Waals surface area contributed by atoms with E-state index in [1.807, 2.05) is 0 Å². The highest BCUT2D eigenvalue weighted by Crippen LogP contribution is 2.17. The Morgan fingerprint density at radius 1 is 1.57 bits per heavy atom. The van der Waals surface area contributed by atoms with Crippen LogP contribution in [0.2, 0.25) is 0 Å². The topological polar surface area (TPSA) is 85.2 Å². The molecule has 0 aromatic carbocycles. The molecule has 0 aliphatic carbocycles. The number of aldehydes is 1. The molecule has 0 heterocycles. The Morgan fingerprint density at radius 2 is 2.14 bits per heavy atom. The third kappa shape index (κ3) is 3.14. The molecule has 14 heavy (non-hydrogen) atoms. The number of carbonyl (C=O) groups is 2. The van der Waals surface area contributed by atoms with E-state index >= 15 is 0 Å². The fourth-order valence-electron chi connectivity index (χ4n) is 0.646. The Kier molecular flexibility index (Phi) is 4.79. The van der Waals surface area contributed by atoms with Gasteiger partial charge in [-0.3, -0.25) is 0 Å². The number of hydrogen-bond donors (Lipinski definition) is 1. The average molecular weight is 203 g/mol. The maximum Gasteiger partial charge on any atom is 0.380 e. The molecule has 0 bridgehead atoms. The summed E-state index contributed by atoms with van der Waals surface area (Å²) in [6.07, 6.45) is -0.0201. The predicted molar refractivity (Wildman–Crippen MR) is 47.9 cm³/mol. The molecule has 0 saturated heterocycles. The number of ether oxygens (including phenoxy) is 1. The van der Waals surface area contributed by atoms with E-state index < -0.39 is 18.2 Å². The molecule has 0 aromatic heterocycles. The maximum absolute atomic E-state index is 10.8. The molecule has 0 aliphatic rings. The summed E-state index contributed by atoms with van der Waals surface area (Å²) in [4.78, 5) is 25.7. The van der Waals surface area contributed by atoms with E-state index in [1.165, 1.54) is 0 Å². The fourth-order valence-corrected chi connectivity index (χ4v) is 0.646. The van der Waals surface area contributed by atoms with Crippen LogP contribution in [-0.4, -0.2) is 36.0 Å². The number of carboxylic acids is 1. The molecule has 1 unspecified atom stereocenters. The van der Waals surface area contributed by atoms with Crippen molar-refractivity contribution in [3.63, 3.8) is 0 Å². The van der Waals surface area contributed by atoms with E-state index in [0.29, 0.717) is 12.0 Å². The highest BCUT2D eigenvalue weighted by molar-refractivity contribution is 5.80. The third-order valence-electron chi connectivity index (χ3n) is 1.38. The maximum atomic E-state index is 10.8. The van der Waals surface area contributed by atoms with Crippen molar-refractivity contribution in [3.8, 4) is 0 Å². The van der Waals surface area contributed by atoms with E-state index in [-0.39, 0.29) is 0 Å². The van der Waals surface area contributed by atoms with Crippen molar-refractivity contribution >= 4 is 18.0 Å². The lowest BCUT2D eigenvalue weighted by molar-refractivity contribution is -0.235. The Morgan fingerprint density at radius 3 is 2.43 bits per heavy atom. The van der Waals surface area contributed by atoms with Crippen LogP contribution in [0.4, 0.5) is 0 Å². The highest BCUT2D eigenvalue weighted by Gasteiger charge is 2.42. The van der Waals surface area contributed by atoms with Crippen LogP contribution >= 0.6 is 0 Å². The van der Waals surface area contributed by atoms with Crippen molar-refractivity contribution in [1.82, 2.24) is 0 Å². The molecule has 0 aliphatic heterocycles. The zero-order chi connectivity index (χ0) is 11.2. The first-order chi connectivity index (χ1) is 6.48. The van der Waals surface area contributed by atoms with Crippen LogP contribution in [0.3, 0.4) is 0 Å². The molecule has 6 heteroatoms. The van der Waals surface area contributed by atoms with E-state index in [1.54, 1.807) is 13.8 Å². The van der Waals surface area contributed by atoms with Crippen LogP contribution in [0.1, 0.15) is 20.3 Å². The van der Waals surface area contributed by atoms with Gasteiger partial charge in [0.15, 0.2) is 0 Å². The van der Waals surface area contributed by atoms with E-state index in [0.717, 1.165) is 7.11 Å². The predicted octanol–water partition coefficient (Wildman–Crippen LogP) is 0.415. The largest absolute Gasteiger partial charge is 0.476 e. The number of carboxylic acid groups (broad SMARTS) is 1. The van der Waals surface area contributed by atoms with E-state index in [2.05, 4.69) is 14.7 Å². The normalized spacial score (nSPS) is 13.9. The number of carbonyl (C=O) groups excluding carboxylic acids is 1. The number of rotatable bonds is 6. The molecule has 6 nitrogen and oxygen atoms in total. The molecular weight excluding hydrogens is 190 g/mol. The van der Waals surface area contributed by atoms with Crippen LogP contribution in [-0.2, 0) is 19.2 Å². The lowest BCUT2D eigenvalue weighted by Gasteiger charge is -2.22. The second kappa shape index (κ2) is 5.33. The summed E-state index contributed by atoms with van der Waals surface area (Å²) >= 11 is 0. The van der Waals surface area contributed by atoms with Gasteiger partial charge in [-0.2, -0.15) is 0 Å². The lowest BCUT2D eigenvalue weighted by Crippen LogP contribution is -2.42. The summed E-state index contributed by atoms with van der Waals surface area (Å²) in [7, 11) is 1.14. The first-order valence-corrected chi connectivity index (χ1v) is 3.90. The Balaban J connectivity index is 4.75. The van der Waals surface area contributed by atoms with Gasteiger partial charge in [0.1, 0.15) is 6.29 Å². The average Bonchev–Trinajstić information content (AvgIpc) is 2.11. The molecule has 0 rings (SSSR count). The number of nitrogens with zero attached hydrogens (tertiary/aromatic N) is 1. The van der Waals surface area contributed by atoms with Crippen LogP contribution in [0.25, 0.3) is 0 Å². The quantitative estimate of drug-likeness (QED) is 0.292.